The summed E-state index contributed by atoms with van der Waals surface area (Å²) in [6, 6.07) is 17.5. The fourth-order valence-electron chi connectivity index (χ4n) is 3.15. The van der Waals surface area contributed by atoms with Gasteiger partial charge in [-0.3, -0.25) is 15.7 Å². The van der Waals surface area contributed by atoms with Crippen LogP contribution in [0.2, 0.25) is 0 Å². The molecule has 2 heterocycles. The lowest BCUT2D eigenvalue weighted by molar-refractivity contribution is 0.117. The van der Waals surface area contributed by atoms with Gasteiger partial charge >= 0.3 is 0 Å². The quantitative estimate of drug-likeness (QED) is 0.408. The van der Waals surface area contributed by atoms with Gasteiger partial charge < -0.3 is 9.47 Å². The van der Waals surface area contributed by atoms with Gasteiger partial charge in [0.05, 0.1) is 12.6 Å². The number of aliphatic imine (C=N–C) groups is 1. The van der Waals surface area contributed by atoms with Crippen LogP contribution in [0.25, 0.3) is 10.8 Å². The normalized spacial score (nSPS) is 17.2. The third kappa shape index (κ3) is 4.07. The molecular formula is C21H21N3O3. The number of ether oxygens (including phenoxy) is 2. The van der Waals surface area contributed by atoms with E-state index in [9.17, 15) is 5.21 Å². The highest BCUT2D eigenvalue weighted by molar-refractivity contribution is 5.97. The van der Waals surface area contributed by atoms with Crippen LogP contribution in [-0.2, 0) is 4.74 Å². The van der Waals surface area contributed by atoms with Crippen LogP contribution in [0.15, 0.2) is 65.8 Å². The van der Waals surface area contributed by atoms with Gasteiger partial charge in [-0.1, -0.05) is 36.4 Å². The molecule has 6 heteroatoms. The molecule has 2 N–H and O–H groups in total. The SMILES string of the molecule is ONC(=NCC1CCCO1)c1ccc(Oc2cccc3ccccc23)nc1. The number of amidine groups is 1. The van der Waals surface area contributed by atoms with Gasteiger partial charge in [-0.15, -0.1) is 0 Å². The fourth-order valence-corrected chi connectivity index (χ4v) is 3.15. The molecule has 0 saturated carbocycles. The highest BCUT2D eigenvalue weighted by atomic mass is 16.5. The van der Waals surface area contributed by atoms with Gasteiger partial charge in [0.2, 0.25) is 5.88 Å². The van der Waals surface area contributed by atoms with Crippen LogP contribution in [0.4, 0.5) is 0 Å². The molecular weight excluding hydrogens is 342 g/mol. The molecule has 4 rings (SSSR count). The Labute approximate surface area is 157 Å². The fraction of sp³-hybridized carbons (Fsp3) is 0.238. The maximum Gasteiger partial charge on any atom is 0.219 e. The summed E-state index contributed by atoms with van der Waals surface area (Å²) in [6.07, 6.45) is 3.80. The Balaban J connectivity index is 1.50. The number of nitrogens with one attached hydrogen (secondary N) is 1. The number of pyridine rings is 1. The first-order valence-electron chi connectivity index (χ1n) is 9.02. The number of hydrogen-bond acceptors (Lipinski definition) is 5. The minimum absolute atomic E-state index is 0.121. The second-order valence-electron chi connectivity index (χ2n) is 6.40. The molecule has 0 bridgehead atoms. The summed E-state index contributed by atoms with van der Waals surface area (Å²) in [5.74, 6) is 1.60. The number of fused-ring (bicyclic) bond motifs is 1. The Morgan fingerprint density at radius 3 is 2.85 bits per heavy atom. The predicted molar refractivity (Wildman–Crippen MR) is 104 cm³/mol. The Morgan fingerprint density at radius 2 is 2.07 bits per heavy atom. The third-order valence-electron chi connectivity index (χ3n) is 4.56. The molecule has 0 amide bonds. The zero-order valence-electron chi connectivity index (χ0n) is 14.8. The predicted octanol–water partition coefficient (Wildman–Crippen LogP) is 3.93. The first kappa shape index (κ1) is 17.5. The van der Waals surface area contributed by atoms with E-state index in [1.54, 1.807) is 12.3 Å². The van der Waals surface area contributed by atoms with E-state index in [1.807, 2.05) is 48.5 Å². The molecule has 3 aromatic rings. The molecule has 1 aliphatic heterocycles. The van der Waals surface area contributed by atoms with Crippen LogP contribution in [0.1, 0.15) is 18.4 Å². The van der Waals surface area contributed by atoms with Crippen molar-refractivity contribution in [1.29, 1.82) is 0 Å². The number of nitrogens with zero attached hydrogens (tertiary/aromatic N) is 2. The van der Waals surface area contributed by atoms with E-state index in [1.165, 1.54) is 0 Å². The van der Waals surface area contributed by atoms with Crippen LogP contribution in [-0.4, -0.2) is 35.3 Å². The van der Waals surface area contributed by atoms with Gasteiger partial charge in [-0.2, -0.15) is 0 Å². The van der Waals surface area contributed by atoms with Crippen molar-refractivity contribution in [2.45, 2.75) is 18.9 Å². The summed E-state index contributed by atoms with van der Waals surface area (Å²) in [4.78, 5) is 8.74. The molecule has 1 fully saturated rings. The van der Waals surface area contributed by atoms with Crippen molar-refractivity contribution in [2.24, 2.45) is 4.99 Å². The maximum absolute atomic E-state index is 9.40. The standard InChI is InChI=1S/C21H21N3O3/c25-24-21(23-14-17-7-4-12-26-17)16-10-11-20(22-13-16)27-19-9-3-6-15-5-1-2-8-18(15)19/h1-3,5-6,8-11,13,17,25H,4,7,12,14H2,(H,23,24). The summed E-state index contributed by atoms with van der Waals surface area (Å²) in [5, 5.41) is 11.5. The second-order valence-corrected chi connectivity index (χ2v) is 6.40. The Kier molecular flexibility index (Phi) is 5.27. The van der Waals surface area contributed by atoms with Crippen molar-refractivity contribution in [3.8, 4) is 11.6 Å². The molecule has 1 atom stereocenters. The summed E-state index contributed by atoms with van der Waals surface area (Å²) < 4.78 is 11.5. The zero-order valence-corrected chi connectivity index (χ0v) is 14.8. The average Bonchev–Trinajstić information content (AvgIpc) is 3.23. The molecule has 1 unspecified atom stereocenters. The van der Waals surface area contributed by atoms with E-state index < -0.39 is 0 Å². The summed E-state index contributed by atoms with van der Waals surface area (Å²) in [5.41, 5.74) is 2.83. The van der Waals surface area contributed by atoms with Crippen molar-refractivity contribution in [1.82, 2.24) is 10.5 Å². The lowest BCUT2D eigenvalue weighted by atomic mass is 10.1. The molecule has 6 nitrogen and oxygen atoms in total. The van der Waals surface area contributed by atoms with Crippen molar-refractivity contribution in [2.75, 3.05) is 13.2 Å². The lowest BCUT2D eigenvalue weighted by Gasteiger charge is -2.10. The molecule has 138 valence electrons. The largest absolute Gasteiger partial charge is 0.438 e. The molecule has 1 aromatic heterocycles. The first-order chi connectivity index (χ1) is 13.3. The highest BCUT2D eigenvalue weighted by Gasteiger charge is 2.15. The number of benzene rings is 2. The Morgan fingerprint density at radius 1 is 1.19 bits per heavy atom. The van der Waals surface area contributed by atoms with Gasteiger partial charge in [-0.05, 0) is 30.4 Å². The van der Waals surface area contributed by atoms with Crippen LogP contribution < -0.4 is 10.2 Å². The van der Waals surface area contributed by atoms with Crippen LogP contribution in [0.5, 0.6) is 11.6 Å². The lowest BCUT2D eigenvalue weighted by Crippen LogP contribution is -2.23. The van der Waals surface area contributed by atoms with Crippen LogP contribution in [0, 0.1) is 0 Å². The molecule has 27 heavy (non-hydrogen) atoms. The number of hydrogen-bond donors (Lipinski definition) is 2. The van der Waals surface area contributed by atoms with E-state index in [-0.39, 0.29) is 6.10 Å². The Bertz CT molecular complexity index is 930. The first-order valence-corrected chi connectivity index (χ1v) is 9.02. The minimum Gasteiger partial charge on any atom is -0.438 e. The topological polar surface area (TPSA) is 76.0 Å². The van der Waals surface area contributed by atoms with Crippen molar-refractivity contribution in [3.63, 3.8) is 0 Å². The van der Waals surface area contributed by atoms with Gasteiger partial charge in [0, 0.05) is 29.8 Å². The van der Waals surface area contributed by atoms with Gasteiger partial charge in [-0.25, -0.2) is 4.98 Å². The minimum atomic E-state index is 0.121. The molecule has 1 aliphatic rings. The van der Waals surface area contributed by atoms with E-state index in [4.69, 9.17) is 9.47 Å². The highest BCUT2D eigenvalue weighted by Crippen LogP contribution is 2.28. The van der Waals surface area contributed by atoms with Gasteiger partial charge in [0.15, 0.2) is 5.84 Å². The van der Waals surface area contributed by atoms with Gasteiger partial charge in [0.25, 0.3) is 0 Å². The zero-order chi connectivity index (χ0) is 18.5. The van der Waals surface area contributed by atoms with E-state index >= 15 is 0 Å². The summed E-state index contributed by atoms with van der Waals surface area (Å²) in [7, 11) is 0. The molecule has 0 spiro atoms. The van der Waals surface area contributed by atoms with Crippen molar-refractivity contribution < 1.29 is 14.7 Å². The smallest absolute Gasteiger partial charge is 0.219 e. The monoisotopic (exact) mass is 363 g/mol. The van der Waals surface area contributed by atoms with Crippen molar-refractivity contribution in [3.05, 3.63) is 66.4 Å². The second kappa shape index (κ2) is 8.16. The van der Waals surface area contributed by atoms with Crippen LogP contribution >= 0.6 is 0 Å². The van der Waals surface area contributed by atoms with E-state index in [0.29, 0.717) is 23.8 Å². The molecule has 0 aliphatic carbocycles. The van der Waals surface area contributed by atoms with Crippen LogP contribution in [0.3, 0.4) is 0 Å². The summed E-state index contributed by atoms with van der Waals surface area (Å²) >= 11 is 0. The molecule has 0 radical (unpaired) electrons. The average molecular weight is 363 g/mol. The third-order valence-corrected chi connectivity index (χ3v) is 4.56. The number of aromatic nitrogens is 1. The number of rotatable bonds is 5. The number of hydroxylamine groups is 1. The van der Waals surface area contributed by atoms with E-state index in [2.05, 4.69) is 15.5 Å². The maximum atomic E-state index is 9.40. The van der Waals surface area contributed by atoms with E-state index in [0.717, 1.165) is 36.0 Å². The molecule has 2 aromatic carbocycles. The van der Waals surface area contributed by atoms with Crippen molar-refractivity contribution >= 4 is 16.6 Å². The van der Waals surface area contributed by atoms with Gasteiger partial charge in [0.1, 0.15) is 5.75 Å². The summed E-state index contributed by atoms with van der Waals surface area (Å²) in [6.45, 7) is 1.29. The Hall–Kier alpha value is -2.96. The molecule has 1 saturated heterocycles.